The van der Waals surface area contributed by atoms with Crippen LogP contribution in [0.25, 0.3) is 0 Å². The number of nitrogens with one attached hydrogen (secondary N) is 1. The molecule has 0 aliphatic rings. The topological polar surface area (TPSA) is 55.6 Å². The Hall–Kier alpha value is -1.75. The van der Waals surface area contributed by atoms with Crippen molar-refractivity contribution in [3.63, 3.8) is 0 Å². The minimum atomic E-state index is 0.748. The van der Waals surface area contributed by atoms with Gasteiger partial charge < -0.3 is 9.88 Å². The van der Waals surface area contributed by atoms with E-state index in [0.29, 0.717) is 0 Å². The summed E-state index contributed by atoms with van der Waals surface area (Å²) in [6.45, 7) is 3.61. The third-order valence-corrected chi connectivity index (χ3v) is 2.78. The second kappa shape index (κ2) is 5.54. The van der Waals surface area contributed by atoms with Gasteiger partial charge in [-0.3, -0.25) is 4.98 Å². The van der Waals surface area contributed by atoms with Crippen LogP contribution in [0.5, 0.6) is 0 Å². The summed E-state index contributed by atoms with van der Waals surface area (Å²) in [6.07, 6.45) is 4.66. The Morgan fingerprint density at radius 2 is 2.24 bits per heavy atom. The fraction of sp³-hybridized carbons (Fsp3) is 0.417. The molecule has 2 rings (SSSR count). The summed E-state index contributed by atoms with van der Waals surface area (Å²) in [7, 11) is 1.98. The van der Waals surface area contributed by atoms with Gasteiger partial charge in [-0.2, -0.15) is 0 Å². The molecule has 0 spiro atoms. The Bertz CT molecular complexity index is 463. The highest BCUT2D eigenvalue weighted by molar-refractivity contribution is 5.08. The van der Waals surface area contributed by atoms with Crippen molar-refractivity contribution >= 4 is 0 Å². The number of hydrogen-bond donors (Lipinski definition) is 1. The van der Waals surface area contributed by atoms with Gasteiger partial charge in [-0.05, 0) is 31.5 Å². The maximum Gasteiger partial charge on any atom is 0.146 e. The SMILES string of the molecule is Cc1nnc(CNCCc2cccnc2)n1C. The summed E-state index contributed by atoms with van der Waals surface area (Å²) < 4.78 is 2.00. The average Bonchev–Trinajstić information content (AvgIpc) is 2.67. The second-order valence-electron chi connectivity index (χ2n) is 4.01. The summed E-state index contributed by atoms with van der Waals surface area (Å²) >= 11 is 0. The van der Waals surface area contributed by atoms with Gasteiger partial charge in [0.05, 0.1) is 6.54 Å². The number of aromatic nitrogens is 4. The smallest absolute Gasteiger partial charge is 0.146 e. The molecule has 0 aliphatic carbocycles. The van der Waals surface area contributed by atoms with Gasteiger partial charge in [0.15, 0.2) is 0 Å². The molecule has 0 fully saturated rings. The molecule has 0 saturated carbocycles. The summed E-state index contributed by atoms with van der Waals surface area (Å²) in [5.74, 6) is 1.91. The molecule has 2 aromatic rings. The van der Waals surface area contributed by atoms with Gasteiger partial charge in [0, 0.05) is 19.4 Å². The highest BCUT2D eigenvalue weighted by Gasteiger charge is 2.03. The molecule has 0 radical (unpaired) electrons. The van der Waals surface area contributed by atoms with Crippen LogP contribution in [0.1, 0.15) is 17.2 Å². The van der Waals surface area contributed by atoms with Crippen molar-refractivity contribution in [1.29, 1.82) is 0 Å². The highest BCUT2D eigenvalue weighted by atomic mass is 15.3. The lowest BCUT2D eigenvalue weighted by Gasteiger charge is -2.04. The minimum absolute atomic E-state index is 0.748. The fourth-order valence-electron chi connectivity index (χ4n) is 1.58. The lowest BCUT2D eigenvalue weighted by molar-refractivity contribution is 0.633. The van der Waals surface area contributed by atoms with Crippen molar-refractivity contribution in [3.8, 4) is 0 Å². The molecule has 0 aliphatic heterocycles. The van der Waals surface area contributed by atoms with E-state index < -0.39 is 0 Å². The zero-order valence-electron chi connectivity index (χ0n) is 10.2. The molecule has 1 N–H and O–H groups in total. The maximum atomic E-state index is 4.10. The molecule has 0 amide bonds. The first-order valence-corrected chi connectivity index (χ1v) is 5.72. The van der Waals surface area contributed by atoms with Gasteiger partial charge in [0.2, 0.25) is 0 Å². The van der Waals surface area contributed by atoms with E-state index in [9.17, 15) is 0 Å². The van der Waals surface area contributed by atoms with Crippen molar-refractivity contribution in [3.05, 3.63) is 41.7 Å². The van der Waals surface area contributed by atoms with Crippen LogP contribution < -0.4 is 5.32 Å². The summed E-state index contributed by atoms with van der Waals surface area (Å²) in [6, 6.07) is 4.04. The van der Waals surface area contributed by atoms with E-state index in [1.54, 1.807) is 6.20 Å². The number of hydrogen-bond acceptors (Lipinski definition) is 4. The molecule has 0 aromatic carbocycles. The van der Waals surface area contributed by atoms with Crippen LogP contribution in [-0.2, 0) is 20.0 Å². The Morgan fingerprint density at radius 1 is 1.35 bits per heavy atom. The fourth-order valence-corrected chi connectivity index (χ4v) is 1.58. The third kappa shape index (κ3) is 3.10. The van der Waals surface area contributed by atoms with Crippen LogP contribution in [-0.4, -0.2) is 26.3 Å². The van der Waals surface area contributed by atoms with Crippen molar-refractivity contribution in [2.45, 2.75) is 19.9 Å². The molecule has 0 atom stereocenters. The Labute approximate surface area is 101 Å². The first-order valence-electron chi connectivity index (χ1n) is 5.72. The normalized spacial score (nSPS) is 10.7. The molecule has 5 heteroatoms. The standard InChI is InChI=1S/C12H17N5/c1-10-15-16-12(17(10)2)9-14-7-5-11-4-3-6-13-8-11/h3-4,6,8,14H,5,7,9H2,1-2H3. The first kappa shape index (κ1) is 11.7. The van der Waals surface area contributed by atoms with E-state index in [1.165, 1.54) is 5.56 Å². The van der Waals surface area contributed by atoms with Crippen LogP contribution in [0.15, 0.2) is 24.5 Å². The molecule has 0 bridgehead atoms. The first-order chi connectivity index (χ1) is 8.27. The van der Waals surface area contributed by atoms with Gasteiger partial charge in [0.25, 0.3) is 0 Å². The third-order valence-electron chi connectivity index (χ3n) is 2.78. The number of rotatable bonds is 5. The predicted molar refractivity (Wildman–Crippen MR) is 65.4 cm³/mol. The van der Waals surface area contributed by atoms with Gasteiger partial charge in [-0.1, -0.05) is 6.07 Å². The zero-order valence-corrected chi connectivity index (χ0v) is 10.2. The van der Waals surface area contributed by atoms with Gasteiger partial charge in [-0.15, -0.1) is 10.2 Å². The largest absolute Gasteiger partial charge is 0.317 e. The maximum absolute atomic E-state index is 4.10. The Morgan fingerprint density at radius 3 is 2.88 bits per heavy atom. The van der Waals surface area contributed by atoms with E-state index in [-0.39, 0.29) is 0 Å². The lowest BCUT2D eigenvalue weighted by Crippen LogP contribution is -2.19. The van der Waals surface area contributed by atoms with Crippen LogP contribution in [0, 0.1) is 6.92 Å². The summed E-state index contributed by atoms with van der Waals surface area (Å²) in [4.78, 5) is 4.08. The van der Waals surface area contributed by atoms with Gasteiger partial charge in [-0.25, -0.2) is 0 Å². The van der Waals surface area contributed by atoms with Crippen LogP contribution in [0.2, 0.25) is 0 Å². The van der Waals surface area contributed by atoms with E-state index in [1.807, 2.05) is 30.8 Å². The molecule has 2 aromatic heterocycles. The average molecular weight is 231 g/mol. The van der Waals surface area contributed by atoms with E-state index >= 15 is 0 Å². The van der Waals surface area contributed by atoms with Gasteiger partial charge >= 0.3 is 0 Å². The van der Waals surface area contributed by atoms with Crippen LogP contribution in [0.3, 0.4) is 0 Å². The van der Waals surface area contributed by atoms with E-state index in [2.05, 4.69) is 26.6 Å². The van der Waals surface area contributed by atoms with E-state index in [4.69, 9.17) is 0 Å². The molecule has 2 heterocycles. The van der Waals surface area contributed by atoms with Crippen LogP contribution >= 0.6 is 0 Å². The molecular weight excluding hydrogens is 214 g/mol. The van der Waals surface area contributed by atoms with Crippen molar-refractivity contribution in [2.75, 3.05) is 6.54 Å². The molecule has 5 nitrogen and oxygen atoms in total. The quantitative estimate of drug-likeness (QED) is 0.775. The summed E-state index contributed by atoms with van der Waals surface area (Å²) in [5, 5.41) is 11.5. The van der Waals surface area contributed by atoms with Gasteiger partial charge in [0.1, 0.15) is 11.6 Å². The molecule has 90 valence electrons. The monoisotopic (exact) mass is 231 g/mol. The predicted octanol–water partition coefficient (Wildman–Crippen LogP) is 0.851. The van der Waals surface area contributed by atoms with Crippen LogP contribution in [0.4, 0.5) is 0 Å². The molecule has 17 heavy (non-hydrogen) atoms. The van der Waals surface area contributed by atoms with Crippen molar-refractivity contribution in [2.24, 2.45) is 7.05 Å². The second-order valence-corrected chi connectivity index (χ2v) is 4.01. The Kier molecular flexibility index (Phi) is 3.82. The number of aryl methyl sites for hydroxylation is 1. The number of pyridine rings is 1. The zero-order chi connectivity index (χ0) is 12.1. The van der Waals surface area contributed by atoms with E-state index in [0.717, 1.165) is 31.2 Å². The minimum Gasteiger partial charge on any atom is -0.317 e. The Balaban J connectivity index is 1.75. The highest BCUT2D eigenvalue weighted by Crippen LogP contribution is 1.98. The lowest BCUT2D eigenvalue weighted by atomic mass is 10.2. The molecule has 0 unspecified atom stereocenters. The number of nitrogens with zero attached hydrogens (tertiary/aromatic N) is 4. The van der Waals surface area contributed by atoms with Crippen molar-refractivity contribution in [1.82, 2.24) is 25.1 Å². The van der Waals surface area contributed by atoms with Crippen molar-refractivity contribution < 1.29 is 0 Å². The molecular formula is C12H17N5. The molecule has 0 saturated heterocycles. The summed E-state index contributed by atoms with van der Waals surface area (Å²) in [5.41, 5.74) is 1.24.